The van der Waals surface area contributed by atoms with Crippen molar-refractivity contribution in [2.24, 2.45) is 0 Å². The molecule has 0 aromatic heterocycles. The summed E-state index contributed by atoms with van der Waals surface area (Å²) in [6, 6.07) is 4.73. The molecule has 19 heavy (non-hydrogen) atoms. The van der Waals surface area contributed by atoms with Crippen LogP contribution in [0.1, 0.15) is 12.5 Å². The second-order valence-corrected chi connectivity index (χ2v) is 5.33. The number of likely N-dealkylation sites (N-methyl/N-ethyl adjacent to an activating group) is 1. The second-order valence-electron chi connectivity index (χ2n) is 5.33. The highest BCUT2D eigenvalue weighted by Gasteiger charge is 2.21. The first-order chi connectivity index (χ1) is 8.95. The Kier molecular flexibility index (Phi) is 4.57. The Balaban J connectivity index is 2.07. The number of rotatable bonds is 3. The normalized spacial score (nSPS) is 21.6. The number of benzene rings is 1. The van der Waals surface area contributed by atoms with Crippen molar-refractivity contribution in [1.82, 2.24) is 9.80 Å². The van der Waals surface area contributed by atoms with Gasteiger partial charge in [-0.15, -0.1) is 0 Å². The molecule has 1 atom stereocenters. The lowest BCUT2D eigenvalue weighted by Crippen LogP contribution is -2.49. The SMILES string of the molecule is CC1CN(Cc2cc(F)cc(B(O)O)c2)CCN1C. The van der Waals surface area contributed by atoms with Gasteiger partial charge < -0.3 is 14.9 Å². The Labute approximate surface area is 113 Å². The van der Waals surface area contributed by atoms with E-state index >= 15 is 0 Å². The van der Waals surface area contributed by atoms with Crippen LogP contribution in [-0.4, -0.2) is 59.7 Å². The summed E-state index contributed by atoms with van der Waals surface area (Å²) in [5.41, 5.74) is 0.983. The first-order valence-electron chi connectivity index (χ1n) is 6.54. The molecular formula is C13H20BFN2O2. The van der Waals surface area contributed by atoms with Gasteiger partial charge in [-0.3, -0.25) is 4.90 Å². The molecule has 1 unspecified atom stereocenters. The molecule has 1 heterocycles. The van der Waals surface area contributed by atoms with Crippen molar-refractivity contribution in [3.05, 3.63) is 29.6 Å². The van der Waals surface area contributed by atoms with Gasteiger partial charge in [0.2, 0.25) is 0 Å². The van der Waals surface area contributed by atoms with E-state index in [-0.39, 0.29) is 5.46 Å². The van der Waals surface area contributed by atoms with Crippen LogP contribution in [0.15, 0.2) is 18.2 Å². The van der Waals surface area contributed by atoms with Gasteiger partial charge in [0.25, 0.3) is 0 Å². The molecule has 0 bridgehead atoms. The lowest BCUT2D eigenvalue weighted by atomic mass is 9.79. The van der Waals surface area contributed by atoms with Gasteiger partial charge in [0, 0.05) is 32.2 Å². The van der Waals surface area contributed by atoms with Crippen LogP contribution in [0.2, 0.25) is 0 Å². The average molecular weight is 266 g/mol. The topological polar surface area (TPSA) is 46.9 Å². The molecule has 1 aliphatic rings. The molecular weight excluding hydrogens is 246 g/mol. The van der Waals surface area contributed by atoms with Crippen molar-refractivity contribution in [2.45, 2.75) is 19.5 Å². The van der Waals surface area contributed by atoms with Crippen molar-refractivity contribution < 1.29 is 14.4 Å². The summed E-state index contributed by atoms with van der Waals surface area (Å²) >= 11 is 0. The Bertz CT molecular complexity index is 445. The van der Waals surface area contributed by atoms with E-state index in [1.54, 1.807) is 6.07 Å². The molecule has 2 N–H and O–H groups in total. The molecule has 0 radical (unpaired) electrons. The summed E-state index contributed by atoms with van der Waals surface area (Å²) in [6.07, 6.45) is 0. The summed E-state index contributed by atoms with van der Waals surface area (Å²) in [7, 11) is 0.477. The molecule has 104 valence electrons. The van der Waals surface area contributed by atoms with Gasteiger partial charge in [0.15, 0.2) is 0 Å². The average Bonchev–Trinajstić information content (AvgIpc) is 2.33. The van der Waals surface area contributed by atoms with Crippen LogP contribution in [0.25, 0.3) is 0 Å². The fourth-order valence-corrected chi connectivity index (χ4v) is 2.44. The van der Waals surface area contributed by atoms with E-state index < -0.39 is 12.9 Å². The largest absolute Gasteiger partial charge is 0.488 e. The minimum Gasteiger partial charge on any atom is -0.423 e. The van der Waals surface area contributed by atoms with Crippen LogP contribution < -0.4 is 5.46 Å². The molecule has 0 saturated carbocycles. The Morgan fingerprint density at radius 2 is 2.05 bits per heavy atom. The van der Waals surface area contributed by atoms with Gasteiger partial charge in [0.1, 0.15) is 5.82 Å². The number of hydrogen-bond acceptors (Lipinski definition) is 4. The van der Waals surface area contributed by atoms with Crippen LogP contribution in [-0.2, 0) is 6.54 Å². The second kappa shape index (κ2) is 6.01. The molecule has 1 saturated heterocycles. The molecule has 0 aliphatic carbocycles. The zero-order chi connectivity index (χ0) is 14.0. The third kappa shape index (κ3) is 3.76. The van der Waals surface area contributed by atoms with Crippen molar-refractivity contribution in [2.75, 3.05) is 26.7 Å². The quantitative estimate of drug-likeness (QED) is 0.734. The zero-order valence-corrected chi connectivity index (χ0v) is 11.4. The molecule has 1 aromatic carbocycles. The lowest BCUT2D eigenvalue weighted by molar-refractivity contribution is 0.0999. The van der Waals surface area contributed by atoms with Crippen LogP contribution in [0.3, 0.4) is 0 Å². The van der Waals surface area contributed by atoms with E-state index in [9.17, 15) is 4.39 Å². The van der Waals surface area contributed by atoms with Crippen molar-refractivity contribution in [3.63, 3.8) is 0 Å². The summed E-state index contributed by atoms with van der Waals surface area (Å²) in [5, 5.41) is 18.2. The zero-order valence-electron chi connectivity index (χ0n) is 11.4. The van der Waals surface area contributed by atoms with Crippen LogP contribution >= 0.6 is 0 Å². The maximum absolute atomic E-state index is 13.4. The molecule has 4 nitrogen and oxygen atoms in total. The van der Waals surface area contributed by atoms with E-state index in [4.69, 9.17) is 10.0 Å². The molecule has 2 rings (SSSR count). The molecule has 0 spiro atoms. The maximum atomic E-state index is 13.4. The van der Waals surface area contributed by atoms with Crippen molar-refractivity contribution in [3.8, 4) is 0 Å². The van der Waals surface area contributed by atoms with E-state index in [0.717, 1.165) is 31.3 Å². The van der Waals surface area contributed by atoms with E-state index in [2.05, 4.69) is 23.8 Å². The number of hydrogen-bond donors (Lipinski definition) is 2. The highest BCUT2D eigenvalue weighted by Crippen LogP contribution is 2.12. The van der Waals surface area contributed by atoms with Gasteiger partial charge in [-0.05, 0) is 37.1 Å². The van der Waals surface area contributed by atoms with Gasteiger partial charge in [-0.1, -0.05) is 6.07 Å². The molecule has 1 aromatic rings. The minimum absolute atomic E-state index is 0.206. The lowest BCUT2D eigenvalue weighted by Gasteiger charge is -2.37. The number of nitrogens with zero attached hydrogens (tertiary/aromatic N) is 2. The summed E-state index contributed by atoms with van der Waals surface area (Å²) in [6.45, 7) is 5.67. The first kappa shape index (κ1) is 14.5. The summed E-state index contributed by atoms with van der Waals surface area (Å²) in [5.74, 6) is -0.428. The number of halogens is 1. The fraction of sp³-hybridized carbons (Fsp3) is 0.538. The number of piperazine rings is 1. The molecule has 6 heteroatoms. The predicted molar refractivity (Wildman–Crippen MR) is 73.6 cm³/mol. The third-order valence-electron chi connectivity index (χ3n) is 3.73. The highest BCUT2D eigenvalue weighted by atomic mass is 19.1. The van der Waals surface area contributed by atoms with Crippen molar-refractivity contribution in [1.29, 1.82) is 0 Å². The molecule has 0 amide bonds. The summed E-state index contributed by atoms with van der Waals surface area (Å²) < 4.78 is 13.4. The van der Waals surface area contributed by atoms with Crippen molar-refractivity contribution >= 4 is 12.6 Å². The smallest absolute Gasteiger partial charge is 0.423 e. The van der Waals surface area contributed by atoms with Gasteiger partial charge in [-0.25, -0.2) is 4.39 Å². The van der Waals surface area contributed by atoms with Gasteiger partial charge >= 0.3 is 7.12 Å². The predicted octanol–water partition coefficient (Wildman–Crippen LogP) is -0.359. The third-order valence-corrected chi connectivity index (χ3v) is 3.73. The first-order valence-corrected chi connectivity index (χ1v) is 6.54. The highest BCUT2D eigenvalue weighted by molar-refractivity contribution is 6.58. The fourth-order valence-electron chi connectivity index (χ4n) is 2.44. The minimum atomic E-state index is -1.62. The van der Waals surface area contributed by atoms with Crippen LogP contribution in [0.4, 0.5) is 4.39 Å². The maximum Gasteiger partial charge on any atom is 0.488 e. The van der Waals surface area contributed by atoms with Gasteiger partial charge in [-0.2, -0.15) is 0 Å². The molecule has 1 aliphatic heterocycles. The van der Waals surface area contributed by atoms with E-state index in [0.29, 0.717) is 12.6 Å². The van der Waals surface area contributed by atoms with E-state index in [1.807, 2.05) is 0 Å². The van der Waals surface area contributed by atoms with Gasteiger partial charge in [0.05, 0.1) is 0 Å². The Morgan fingerprint density at radius 1 is 1.32 bits per heavy atom. The van der Waals surface area contributed by atoms with E-state index in [1.165, 1.54) is 6.07 Å². The Hall–Kier alpha value is -0.945. The standard InChI is InChI=1S/C13H20BFN2O2/c1-10-8-17(4-3-16(10)2)9-11-5-12(14(18)19)7-13(15)6-11/h5-7,10,18-19H,3-4,8-9H2,1-2H3. The van der Waals surface area contributed by atoms with Crippen LogP contribution in [0.5, 0.6) is 0 Å². The summed E-state index contributed by atoms with van der Waals surface area (Å²) in [4.78, 5) is 4.55. The van der Waals surface area contributed by atoms with Crippen LogP contribution in [0, 0.1) is 5.82 Å². The Morgan fingerprint density at radius 3 is 2.68 bits per heavy atom. The monoisotopic (exact) mass is 266 g/mol. The molecule has 1 fully saturated rings.